The normalized spacial score (nSPS) is 10.8. The second-order valence-corrected chi connectivity index (χ2v) is 5.44. The van der Waals surface area contributed by atoms with E-state index in [1.807, 2.05) is 33.0 Å². The van der Waals surface area contributed by atoms with Crippen molar-refractivity contribution >= 4 is 22.6 Å². The van der Waals surface area contributed by atoms with Crippen molar-refractivity contribution in [1.82, 2.24) is 14.8 Å². The molecule has 0 atom stereocenters. The molecule has 0 fully saturated rings. The van der Waals surface area contributed by atoms with Gasteiger partial charge in [-0.3, -0.25) is 9.48 Å². The monoisotopic (exact) mass is 310 g/mol. The molecule has 2 aromatic heterocycles. The number of anilines is 1. The summed E-state index contributed by atoms with van der Waals surface area (Å²) in [5, 5.41) is 8.11. The maximum absolute atomic E-state index is 12.4. The van der Waals surface area contributed by atoms with E-state index in [1.165, 1.54) is 0 Å². The lowest BCUT2D eigenvalue weighted by atomic mass is 10.1. The van der Waals surface area contributed by atoms with Gasteiger partial charge < -0.3 is 10.1 Å². The van der Waals surface area contributed by atoms with Crippen molar-refractivity contribution in [3.8, 4) is 5.75 Å². The summed E-state index contributed by atoms with van der Waals surface area (Å²) in [5.41, 5.74) is 3.83. The zero-order valence-corrected chi connectivity index (χ0v) is 13.5. The summed E-state index contributed by atoms with van der Waals surface area (Å²) in [6, 6.07) is 7.24. The first kappa shape index (κ1) is 15.0. The van der Waals surface area contributed by atoms with Crippen LogP contribution < -0.4 is 10.1 Å². The molecule has 6 nitrogen and oxygen atoms in total. The van der Waals surface area contributed by atoms with E-state index >= 15 is 0 Å². The average molecular weight is 310 g/mol. The first-order chi connectivity index (χ1) is 11.0. The van der Waals surface area contributed by atoms with Gasteiger partial charge in [0.2, 0.25) is 0 Å². The Bertz CT molecular complexity index is 899. The first-order valence-electron chi connectivity index (χ1n) is 7.25. The van der Waals surface area contributed by atoms with Crippen LogP contribution in [0.15, 0.2) is 30.5 Å². The Hall–Kier alpha value is -2.89. The molecular weight excluding hydrogens is 292 g/mol. The lowest BCUT2D eigenvalue weighted by Gasteiger charge is -2.08. The highest BCUT2D eigenvalue weighted by Crippen LogP contribution is 2.22. The quantitative estimate of drug-likeness (QED) is 0.807. The van der Waals surface area contributed by atoms with Gasteiger partial charge in [-0.15, -0.1) is 0 Å². The van der Waals surface area contributed by atoms with Gasteiger partial charge in [-0.25, -0.2) is 4.98 Å². The van der Waals surface area contributed by atoms with Crippen molar-refractivity contribution < 1.29 is 9.53 Å². The smallest absolute Gasteiger partial charge is 0.255 e. The third-order valence-corrected chi connectivity index (χ3v) is 3.79. The number of methoxy groups -OCH3 is 1. The van der Waals surface area contributed by atoms with Crippen LogP contribution in [0.1, 0.15) is 21.6 Å². The minimum absolute atomic E-state index is 0.203. The maximum atomic E-state index is 12.4. The van der Waals surface area contributed by atoms with E-state index in [4.69, 9.17) is 4.74 Å². The maximum Gasteiger partial charge on any atom is 0.255 e. The van der Waals surface area contributed by atoms with Gasteiger partial charge in [0.1, 0.15) is 5.75 Å². The molecule has 2 heterocycles. The largest absolute Gasteiger partial charge is 0.496 e. The van der Waals surface area contributed by atoms with Crippen molar-refractivity contribution in [1.29, 1.82) is 0 Å². The molecule has 3 rings (SSSR count). The van der Waals surface area contributed by atoms with Crippen LogP contribution in [0.25, 0.3) is 11.0 Å². The van der Waals surface area contributed by atoms with E-state index in [2.05, 4.69) is 15.4 Å². The van der Waals surface area contributed by atoms with Crippen LogP contribution >= 0.6 is 0 Å². The molecule has 1 amide bonds. The summed E-state index contributed by atoms with van der Waals surface area (Å²) < 4.78 is 6.98. The number of carbonyl (C=O) groups excluding carboxylic acids is 1. The Morgan fingerprint density at radius 2 is 2.04 bits per heavy atom. The highest BCUT2D eigenvalue weighted by molar-refractivity contribution is 6.05. The number of amides is 1. The van der Waals surface area contributed by atoms with Gasteiger partial charge in [0, 0.05) is 18.0 Å². The van der Waals surface area contributed by atoms with Gasteiger partial charge in [-0.1, -0.05) is 6.07 Å². The Kier molecular flexibility index (Phi) is 3.73. The van der Waals surface area contributed by atoms with Crippen LogP contribution in [0.5, 0.6) is 5.75 Å². The molecular formula is C17H18N4O2. The number of nitrogens with zero attached hydrogens (tertiary/aromatic N) is 3. The second-order valence-electron chi connectivity index (χ2n) is 5.44. The molecule has 0 saturated heterocycles. The minimum atomic E-state index is -0.203. The third-order valence-electron chi connectivity index (χ3n) is 3.79. The predicted octanol–water partition coefficient (Wildman–Crippen LogP) is 2.85. The molecule has 1 aromatic carbocycles. The van der Waals surface area contributed by atoms with Crippen molar-refractivity contribution in [3.63, 3.8) is 0 Å². The van der Waals surface area contributed by atoms with Gasteiger partial charge >= 0.3 is 0 Å². The topological polar surface area (TPSA) is 69.0 Å². The van der Waals surface area contributed by atoms with Crippen molar-refractivity contribution in [2.45, 2.75) is 13.8 Å². The molecule has 0 radical (unpaired) electrons. The molecule has 6 heteroatoms. The van der Waals surface area contributed by atoms with E-state index in [-0.39, 0.29) is 5.91 Å². The summed E-state index contributed by atoms with van der Waals surface area (Å²) in [4.78, 5) is 16.8. The highest BCUT2D eigenvalue weighted by Gasteiger charge is 2.11. The Balaban J connectivity index is 1.89. The third kappa shape index (κ3) is 2.75. The number of hydrogen-bond donors (Lipinski definition) is 1. The number of ether oxygens (including phenoxy) is 1. The molecule has 23 heavy (non-hydrogen) atoms. The predicted molar refractivity (Wildman–Crippen MR) is 88.9 cm³/mol. The van der Waals surface area contributed by atoms with E-state index < -0.39 is 0 Å². The van der Waals surface area contributed by atoms with Gasteiger partial charge in [-0.05, 0) is 37.6 Å². The molecule has 0 saturated carbocycles. The number of aromatic nitrogens is 3. The SMILES string of the molecule is COc1cc(C(=O)Nc2cnc3c(c2)c(C)nn3C)ccc1C. The summed E-state index contributed by atoms with van der Waals surface area (Å²) in [5.74, 6) is 0.486. The lowest BCUT2D eigenvalue weighted by molar-refractivity contribution is 0.102. The van der Waals surface area contributed by atoms with E-state index in [0.717, 1.165) is 22.3 Å². The number of carbonyl (C=O) groups is 1. The molecule has 3 aromatic rings. The number of aryl methyl sites for hydroxylation is 3. The number of hydrogen-bond acceptors (Lipinski definition) is 4. The summed E-state index contributed by atoms with van der Waals surface area (Å²) in [6.45, 7) is 3.85. The van der Waals surface area contributed by atoms with Crippen LogP contribution in [0.4, 0.5) is 5.69 Å². The molecule has 0 bridgehead atoms. The van der Waals surface area contributed by atoms with E-state index in [0.29, 0.717) is 17.0 Å². The van der Waals surface area contributed by atoms with Gasteiger partial charge in [0.15, 0.2) is 5.65 Å². The molecule has 0 aliphatic heterocycles. The first-order valence-corrected chi connectivity index (χ1v) is 7.25. The fourth-order valence-electron chi connectivity index (χ4n) is 2.54. The summed E-state index contributed by atoms with van der Waals surface area (Å²) >= 11 is 0. The molecule has 0 aliphatic carbocycles. The molecule has 1 N–H and O–H groups in total. The van der Waals surface area contributed by atoms with Gasteiger partial charge in [0.05, 0.1) is 24.7 Å². The van der Waals surface area contributed by atoms with E-state index in [1.54, 1.807) is 30.1 Å². The van der Waals surface area contributed by atoms with Crippen molar-refractivity contribution in [2.24, 2.45) is 7.05 Å². The average Bonchev–Trinajstić information content (AvgIpc) is 2.82. The standard InChI is InChI=1S/C17H18N4O2/c1-10-5-6-12(7-15(10)23-4)17(22)19-13-8-14-11(2)20-21(3)16(14)18-9-13/h5-9H,1-4H3,(H,19,22). The Morgan fingerprint density at radius 1 is 1.26 bits per heavy atom. The molecule has 0 aliphatic rings. The number of pyridine rings is 1. The van der Waals surface area contributed by atoms with Crippen LogP contribution in [-0.4, -0.2) is 27.8 Å². The van der Waals surface area contributed by atoms with Crippen LogP contribution in [0.2, 0.25) is 0 Å². The van der Waals surface area contributed by atoms with Crippen LogP contribution in [0, 0.1) is 13.8 Å². The molecule has 118 valence electrons. The van der Waals surface area contributed by atoms with Crippen molar-refractivity contribution in [2.75, 3.05) is 12.4 Å². The molecule has 0 unspecified atom stereocenters. The van der Waals surface area contributed by atoms with Crippen LogP contribution in [-0.2, 0) is 7.05 Å². The van der Waals surface area contributed by atoms with E-state index in [9.17, 15) is 4.79 Å². The molecule has 0 spiro atoms. The second kappa shape index (κ2) is 5.72. The number of nitrogens with one attached hydrogen (secondary N) is 1. The number of rotatable bonds is 3. The lowest BCUT2D eigenvalue weighted by Crippen LogP contribution is -2.12. The zero-order valence-electron chi connectivity index (χ0n) is 13.5. The Morgan fingerprint density at radius 3 is 2.78 bits per heavy atom. The number of benzene rings is 1. The fourth-order valence-corrected chi connectivity index (χ4v) is 2.54. The van der Waals surface area contributed by atoms with Crippen LogP contribution in [0.3, 0.4) is 0 Å². The fraction of sp³-hybridized carbons (Fsp3) is 0.235. The Labute approximate surface area is 134 Å². The summed E-state index contributed by atoms with van der Waals surface area (Å²) in [7, 11) is 3.44. The van der Waals surface area contributed by atoms with Gasteiger partial charge in [-0.2, -0.15) is 5.10 Å². The van der Waals surface area contributed by atoms with Crippen molar-refractivity contribution in [3.05, 3.63) is 47.3 Å². The van der Waals surface area contributed by atoms with Gasteiger partial charge in [0.25, 0.3) is 5.91 Å². The highest BCUT2D eigenvalue weighted by atomic mass is 16.5. The zero-order chi connectivity index (χ0) is 16.6. The number of fused-ring (bicyclic) bond motifs is 1. The summed E-state index contributed by atoms with van der Waals surface area (Å²) in [6.07, 6.45) is 1.63. The minimum Gasteiger partial charge on any atom is -0.496 e.